The number of aliphatic hydroxyl groups is 11. The average molecular weight is 1240 g/mol. The van der Waals surface area contributed by atoms with Crippen LogP contribution < -0.4 is 5.32 Å². The van der Waals surface area contributed by atoms with E-state index in [4.69, 9.17) is 28.4 Å². The van der Waals surface area contributed by atoms with Gasteiger partial charge >= 0.3 is 0 Å². The second kappa shape index (κ2) is 50.1. The van der Waals surface area contributed by atoms with Crippen LogP contribution >= 0.6 is 0 Å². The summed E-state index contributed by atoms with van der Waals surface area (Å²) in [6.07, 6.45) is 33.9. The Balaban J connectivity index is 1.32. The Bertz CT molecular complexity index is 1820. The second-order valence-electron chi connectivity index (χ2n) is 24.3. The molecule has 0 bridgehead atoms. The fraction of sp³-hybridized carbons (Fsp3) is 0.838. The predicted octanol–water partition coefficient (Wildman–Crippen LogP) is 8.38. The molecule has 0 spiro atoms. The van der Waals surface area contributed by atoms with Crippen LogP contribution in [0.3, 0.4) is 0 Å². The van der Waals surface area contributed by atoms with Crippen molar-refractivity contribution in [1.82, 2.24) is 5.32 Å². The van der Waals surface area contributed by atoms with Crippen molar-refractivity contribution in [1.29, 1.82) is 0 Å². The van der Waals surface area contributed by atoms with Gasteiger partial charge < -0.3 is 89.9 Å². The van der Waals surface area contributed by atoms with Crippen LogP contribution in [0.4, 0.5) is 0 Å². The number of amides is 1. The van der Waals surface area contributed by atoms with Crippen molar-refractivity contribution in [3.05, 3.63) is 60.8 Å². The molecule has 0 saturated carbocycles. The summed E-state index contributed by atoms with van der Waals surface area (Å²) in [7, 11) is 0. The molecule has 3 rings (SSSR count). The highest BCUT2D eigenvalue weighted by atomic mass is 16.8. The number of hydrogen-bond donors (Lipinski definition) is 12. The number of nitrogens with one attached hydrogen (secondary N) is 1. The first kappa shape index (κ1) is 78.7. The second-order valence-corrected chi connectivity index (χ2v) is 24.3. The summed E-state index contributed by atoms with van der Waals surface area (Å²) in [5, 5.41) is 120. The molecule has 3 aliphatic heterocycles. The Morgan fingerprint density at radius 1 is 0.425 bits per heavy atom. The Hall–Kier alpha value is -2.51. The number of rotatable bonds is 51. The number of carbonyl (C=O) groups is 1. The van der Waals surface area contributed by atoms with Crippen molar-refractivity contribution >= 4 is 5.91 Å². The van der Waals surface area contributed by atoms with E-state index >= 15 is 0 Å². The average Bonchev–Trinajstić information content (AvgIpc) is 1.04. The molecule has 19 heteroatoms. The first-order chi connectivity index (χ1) is 42.3. The van der Waals surface area contributed by atoms with Crippen molar-refractivity contribution in [2.24, 2.45) is 0 Å². The third-order valence-electron chi connectivity index (χ3n) is 16.8. The molecular weight excluding hydrogens is 1120 g/mol. The summed E-state index contributed by atoms with van der Waals surface area (Å²) < 4.78 is 34.2. The molecule has 17 atom stereocenters. The van der Waals surface area contributed by atoms with Gasteiger partial charge in [-0.2, -0.15) is 0 Å². The predicted molar refractivity (Wildman–Crippen MR) is 337 cm³/mol. The van der Waals surface area contributed by atoms with Gasteiger partial charge in [0.15, 0.2) is 18.9 Å². The van der Waals surface area contributed by atoms with E-state index in [2.05, 4.69) is 67.8 Å². The fourth-order valence-corrected chi connectivity index (χ4v) is 11.3. The standard InChI is InChI=1S/C68H121NO18/c1-3-5-7-9-11-13-14-15-16-17-18-19-20-21-22-23-24-25-26-27-28-29-30-31-32-33-34-35-36-38-40-42-44-46-56(74)69-51(52(73)45-43-41-39-37-12-10-8-6-4-2)50-82-66-62(80)59(77)64(54(48-71)84-66)87-68-63(81)60(78)65(55(49-72)85-68)86-67-61(79)58(76)57(75)53(47-70)83-67/h5,7,11,13,15-16,18-19,43,45,51-55,57-68,70-73,75-81H,3-4,6,8-10,12,14,17,20-42,44,46-50H2,1-2H3,(H,69,74)/b7-5-,13-11-,16-15-,19-18-,45-43+. The van der Waals surface area contributed by atoms with Crippen molar-refractivity contribution in [3.8, 4) is 0 Å². The molecule has 3 aliphatic rings. The third kappa shape index (κ3) is 32.6. The summed E-state index contributed by atoms with van der Waals surface area (Å²) in [5.74, 6) is -0.277. The normalized spacial score (nSPS) is 29.0. The molecule has 3 heterocycles. The summed E-state index contributed by atoms with van der Waals surface area (Å²) in [4.78, 5) is 13.3. The van der Waals surface area contributed by atoms with Crippen LogP contribution in [-0.2, 0) is 33.2 Å². The van der Waals surface area contributed by atoms with Gasteiger partial charge in [0.1, 0.15) is 73.2 Å². The van der Waals surface area contributed by atoms with E-state index < -0.39 is 124 Å². The molecule has 0 aromatic heterocycles. The quantitative estimate of drug-likeness (QED) is 0.0201. The van der Waals surface area contributed by atoms with E-state index in [1.165, 1.54) is 135 Å². The van der Waals surface area contributed by atoms with E-state index in [0.29, 0.717) is 6.42 Å². The number of ether oxygens (including phenoxy) is 6. The van der Waals surface area contributed by atoms with Crippen LogP contribution in [0.1, 0.15) is 232 Å². The Kier molecular flexibility index (Phi) is 45.3. The van der Waals surface area contributed by atoms with Gasteiger partial charge in [0.2, 0.25) is 5.91 Å². The molecule has 0 radical (unpaired) electrons. The van der Waals surface area contributed by atoms with E-state index in [0.717, 1.165) is 70.6 Å². The number of aliphatic hydroxyl groups excluding tert-OH is 11. The highest BCUT2D eigenvalue weighted by Gasteiger charge is 2.53. The van der Waals surface area contributed by atoms with Gasteiger partial charge in [-0.3, -0.25) is 4.79 Å². The van der Waals surface area contributed by atoms with E-state index in [9.17, 15) is 61.0 Å². The highest BCUT2D eigenvalue weighted by Crippen LogP contribution is 2.33. The van der Waals surface area contributed by atoms with Gasteiger partial charge in [-0.15, -0.1) is 0 Å². The summed E-state index contributed by atoms with van der Waals surface area (Å²) in [6, 6.07) is -0.971. The van der Waals surface area contributed by atoms with E-state index in [1.54, 1.807) is 6.08 Å². The number of unbranched alkanes of at least 4 members (excludes halogenated alkanes) is 27. The zero-order valence-corrected chi connectivity index (χ0v) is 53.2. The molecular formula is C68H121NO18. The minimum absolute atomic E-state index is 0.244. The summed E-state index contributed by atoms with van der Waals surface area (Å²) in [6.45, 7) is 1.57. The molecule has 17 unspecified atom stereocenters. The van der Waals surface area contributed by atoms with Gasteiger partial charge in [-0.25, -0.2) is 0 Å². The topological polar surface area (TPSA) is 307 Å². The van der Waals surface area contributed by atoms with Gasteiger partial charge in [-0.05, 0) is 57.8 Å². The monoisotopic (exact) mass is 1240 g/mol. The van der Waals surface area contributed by atoms with Crippen molar-refractivity contribution in [3.63, 3.8) is 0 Å². The highest BCUT2D eigenvalue weighted by molar-refractivity contribution is 5.76. The van der Waals surface area contributed by atoms with E-state index in [1.807, 2.05) is 6.08 Å². The summed E-state index contributed by atoms with van der Waals surface area (Å²) >= 11 is 0. The maximum absolute atomic E-state index is 13.3. The molecule has 12 N–H and O–H groups in total. The van der Waals surface area contributed by atoms with Gasteiger partial charge in [-0.1, -0.05) is 229 Å². The molecule has 3 fully saturated rings. The van der Waals surface area contributed by atoms with Crippen molar-refractivity contribution in [2.45, 2.75) is 336 Å². The van der Waals surface area contributed by atoms with Gasteiger partial charge in [0, 0.05) is 6.42 Å². The molecule has 0 aromatic carbocycles. The third-order valence-corrected chi connectivity index (χ3v) is 16.8. The van der Waals surface area contributed by atoms with Crippen LogP contribution in [0.2, 0.25) is 0 Å². The smallest absolute Gasteiger partial charge is 0.220 e. The minimum atomic E-state index is -1.98. The molecule has 3 saturated heterocycles. The number of hydrogen-bond acceptors (Lipinski definition) is 18. The zero-order chi connectivity index (χ0) is 63.3. The maximum Gasteiger partial charge on any atom is 0.220 e. The molecule has 87 heavy (non-hydrogen) atoms. The molecule has 19 nitrogen and oxygen atoms in total. The molecule has 0 aliphatic carbocycles. The number of carbonyl (C=O) groups excluding carboxylic acids is 1. The molecule has 0 aromatic rings. The molecule has 1 amide bonds. The van der Waals surface area contributed by atoms with Crippen LogP contribution in [0.5, 0.6) is 0 Å². The lowest BCUT2D eigenvalue weighted by Crippen LogP contribution is -2.66. The lowest BCUT2D eigenvalue weighted by Gasteiger charge is -2.48. The molecule has 506 valence electrons. The maximum atomic E-state index is 13.3. The summed E-state index contributed by atoms with van der Waals surface area (Å²) in [5.41, 5.74) is 0. The Morgan fingerprint density at radius 3 is 1.24 bits per heavy atom. The van der Waals surface area contributed by atoms with Crippen LogP contribution in [-0.4, -0.2) is 193 Å². The van der Waals surface area contributed by atoms with Crippen LogP contribution in [0.15, 0.2) is 60.8 Å². The zero-order valence-electron chi connectivity index (χ0n) is 53.2. The lowest BCUT2D eigenvalue weighted by atomic mass is 9.96. The SMILES string of the molecule is CC/C=C\C/C=C\C/C=C\C/C=C\CCCCCCCCCCCCCCCCCCCCCCC(=O)NC(COC1OC(CO)C(OC2OC(CO)C(OC3OC(CO)C(O)C(O)C3O)C(O)C2O)C(O)C1O)C(O)/C=C/CCCCCCCCC. The van der Waals surface area contributed by atoms with Crippen molar-refractivity contribution < 1.29 is 89.4 Å². The van der Waals surface area contributed by atoms with Crippen molar-refractivity contribution in [2.75, 3.05) is 26.4 Å². The lowest BCUT2D eigenvalue weighted by molar-refractivity contribution is -0.379. The minimum Gasteiger partial charge on any atom is -0.394 e. The van der Waals surface area contributed by atoms with Gasteiger partial charge in [0.05, 0.1) is 38.6 Å². The van der Waals surface area contributed by atoms with Crippen LogP contribution in [0.25, 0.3) is 0 Å². The van der Waals surface area contributed by atoms with Gasteiger partial charge in [0.25, 0.3) is 0 Å². The van der Waals surface area contributed by atoms with Crippen LogP contribution in [0, 0.1) is 0 Å². The first-order valence-electron chi connectivity index (χ1n) is 34.0. The Morgan fingerprint density at radius 2 is 0.793 bits per heavy atom. The fourth-order valence-electron chi connectivity index (χ4n) is 11.3. The first-order valence-corrected chi connectivity index (χ1v) is 34.0. The largest absolute Gasteiger partial charge is 0.394 e. The Labute approximate surface area is 522 Å². The van der Waals surface area contributed by atoms with E-state index in [-0.39, 0.29) is 18.9 Å². The number of allylic oxidation sites excluding steroid dienone is 9.